The van der Waals surface area contributed by atoms with E-state index in [0.717, 1.165) is 4.90 Å². The number of nitrogens with zero attached hydrogens (tertiary/aromatic N) is 3. The fourth-order valence-corrected chi connectivity index (χ4v) is 4.88. The van der Waals surface area contributed by atoms with Crippen LogP contribution in [0.3, 0.4) is 0 Å². The Morgan fingerprint density at radius 2 is 1.43 bits per heavy atom. The third-order valence-electron chi connectivity index (χ3n) is 4.56. The fraction of sp³-hybridized carbons (Fsp3) is 0. The maximum Gasteiger partial charge on any atom is 0.283 e. The molecule has 4 rings (SSSR count). The van der Waals surface area contributed by atoms with Gasteiger partial charge in [-0.25, -0.2) is 13.3 Å². The lowest BCUT2D eigenvalue weighted by atomic mass is 10.2. The molecule has 9 nitrogen and oxygen atoms in total. The summed E-state index contributed by atoms with van der Waals surface area (Å²) in [6, 6.07) is 10.6. The number of nitrogens with one attached hydrogen (secondary N) is 2. The van der Waals surface area contributed by atoms with Gasteiger partial charge in [-0.1, -0.05) is 58.0 Å². The van der Waals surface area contributed by atoms with Crippen LogP contribution in [-0.2, 0) is 19.6 Å². The highest BCUT2D eigenvalue weighted by Gasteiger charge is 2.40. The van der Waals surface area contributed by atoms with Crippen LogP contribution in [0.4, 0.5) is 17.2 Å². The van der Waals surface area contributed by atoms with E-state index >= 15 is 0 Å². The molecule has 1 aliphatic heterocycles. The van der Waals surface area contributed by atoms with E-state index in [1.165, 1.54) is 48.5 Å². The Labute approximate surface area is 223 Å². The van der Waals surface area contributed by atoms with Gasteiger partial charge in [0.1, 0.15) is 10.7 Å². The number of benzene rings is 2. The van der Waals surface area contributed by atoms with Crippen LogP contribution >= 0.6 is 58.0 Å². The lowest BCUT2D eigenvalue weighted by Gasteiger charge is -2.17. The first-order chi connectivity index (χ1) is 16.5. The van der Waals surface area contributed by atoms with E-state index in [2.05, 4.69) is 20.2 Å². The summed E-state index contributed by atoms with van der Waals surface area (Å²) in [5, 5.41) is 9.90. The average molecular weight is 594 g/mol. The van der Waals surface area contributed by atoms with Crippen molar-refractivity contribution in [1.82, 2.24) is 10.2 Å². The SMILES string of the molecule is O=C1C(Cl)=C(Nc2ccc(S(=O)(=O)Nc3ccc(Cl)nn3)cc2)C(=O)N1c1cc(Cl)c(Cl)cc1Cl. The normalized spacial score (nSPS) is 14.0. The third-order valence-corrected chi connectivity index (χ3v) is 7.51. The first-order valence-corrected chi connectivity index (χ1v) is 12.7. The monoisotopic (exact) mass is 591 g/mol. The summed E-state index contributed by atoms with van der Waals surface area (Å²) in [6.45, 7) is 0. The van der Waals surface area contributed by atoms with Gasteiger partial charge in [-0.3, -0.25) is 14.3 Å². The lowest BCUT2D eigenvalue weighted by molar-refractivity contribution is -0.120. The van der Waals surface area contributed by atoms with Gasteiger partial charge in [-0.05, 0) is 48.5 Å². The van der Waals surface area contributed by atoms with Crippen LogP contribution in [-0.4, -0.2) is 30.4 Å². The highest BCUT2D eigenvalue weighted by molar-refractivity contribution is 7.92. The maximum atomic E-state index is 13.0. The van der Waals surface area contributed by atoms with Crippen LogP contribution in [0.15, 0.2) is 64.2 Å². The number of hydrogen-bond acceptors (Lipinski definition) is 7. The van der Waals surface area contributed by atoms with E-state index in [1.807, 2.05) is 0 Å². The Kier molecular flexibility index (Phi) is 7.14. The molecule has 0 saturated carbocycles. The Balaban J connectivity index is 1.54. The first kappa shape index (κ1) is 25.5. The van der Waals surface area contributed by atoms with Gasteiger partial charge in [0, 0.05) is 5.69 Å². The summed E-state index contributed by atoms with van der Waals surface area (Å²) in [4.78, 5) is 26.3. The second kappa shape index (κ2) is 9.81. The van der Waals surface area contributed by atoms with Gasteiger partial charge < -0.3 is 5.32 Å². The predicted octanol–water partition coefficient (Wildman–Crippen LogP) is 5.33. The van der Waals surface area contributed by atoms with Crippen molar-refractivity contribution in [3.63, 3.8) is 0 Å². The van der Waals surface area contributed by atoms with Gasteiger partial charge in [-0.15, -0.1) is 10.2 Å². The molecule has 0 aliphatic carbocycles. The zero-order chi connectivity index (χ0) is 25.5. The van der Waals surface area contributed by atoms with Gasteiger partial charge in [0.25, 0.3) is 21.8 Å². The molecular weight excluding hydrogens is 584 g/mol. The standard InChI is InChI=1S/C20H10Cl5N5O4S/c21-11-7-13(23)14(8-12(11)22)30-19(31)17(25)18(20(30)32)26-9-1-3-10(4-2-9)35(33,34)29-16-6-5-15(24)27-28-16/h1-8,26H,(H,28,29). The summed E-state index contributed by atoms with van der Waals surface area (Å²) in [5.74, 6) is -1.64. The number of hydrogen-bond donors (Lipinski definition) is 2. The van der Waals surface area contributed by atoms with E-state index in [0.29, 0.717) is 0 Å². The van der Waals surface area contributed by atoms with Crippen molar-refractivity contribution in [2.45, 2.75) is 4.90 Å². The van der Waals surface area contributed by atoms with E-state index in [-0.39, 0.29) is 48.0 Å². The smallest absolute Gasteiger partial charge is 0.283 e. The van der Waals surface area contributed by atoms with Crippen molar-refractivity contribution in [3.8, 4) is 0 Å². The van der Waals surface area contributed by atoms with E-state index in [9.17, 15) is 18.0 Å². The first-order valence-electron chi connectivity index (χ1n) is 9.30. The summed E-state index contributed by atoms with van der Waals surface area (Å²) >= 11 is 29.8. The molecule has 180 valence electrons. The highest BCUT2D eigenvalue weighted by Crippen LogP contribution is 2.38. The average Bonchev–Trinajstić information content (AvgIpc) is 3.01. The molecule has 0 saturated heterocycles. The number of carbonyl (C=O) groups excluding carboxylic acids is 2. The molecule has 2 amide bonds. The number of sulfonamides is 1. The van der Waals surface area contributed by atoms with Crippen LogP contribution in [0.2, 0.25) is 20.2 Å². The van der Waals surface area contributed by atoms with Crippen molar-refractivity contribution < 1.29 is 18.0 Å². The highest BCUT2D eigenvalue weighted by atomic mass is 35.5. The Bertz CT molecular complexity index is 1500. The largest absolute Gasteiger partial charge is 0.350 e. The van der Waals surface area contributed by atoms with E-state index in [1.54, 1.807) is 0 Å². The van der Waals surface area contributed by atoms with Gasteiger partial charge in [0.15, 0.2) is 11.0 Å². The second-order valence-electron chi connectivity index (χ2n) is 6.85. The number of rotatable bonds is 6. The van der Waals surface area contributed by atoms with Crippen molar-refractivity contribution >= 4 is 97.0 Å². The zero-order valence-electron chi connectivity index (χ0n) is 16.9. The van der Waals surface area contributed by atoms with Gasteiger partial charge in [-0.2, -0.15) is 0 Å². The van der Waals surface area contributed by atoms with E-state index < -0.39 is 26.9 Å². The summed E-state index contributed by atoms with van der Waals surface area (Å²) in [5.41, 5.74) is 0.0550. The Hall–Kier alpha value is -2.60. The number of carbonyl (C=O) groups is 2. The minimum Gasteiger partial charge on any atom is -0.350 e. The summed E-state index contributed by atoms with van der Waals surface area (Å²) < 4.78 is 27.4. The molecule has 0 unspecified atom stereocenters. The maximum absolute atomic E-state index is 13.0. The van der Waals surface area contributed by atoms with Crippen LogP contribution in [0.1, 0.15) is 0 Å². The topological polar surface area (TPSA) is 121 Å². The Morgan fingerprint density at radius 3 is 2.06 bits per heavy atom. The van der Waals surface area contributed by atoms with Gasteiger partial charge in [0.05, 0.1) is 25.7 Å². The van der Waals surface area contributed by atoms with Crippen LogP contribution in [0.5, 0.6) is 0 Å². The van der Waals surface area contributed by atoms with Crippen LogP contribution in [0, 0.1) is 0 Å². The lowest BCUT2D eigenvalue weighted by Crippen LogP contribution is -2.32. The molecule has 2 N–H and O–H groups in total. The summed E-state index contributed by atoms with van der Waals surface area (Å²) in [6.07, 6.45) is 0. The molecule has 1 aromatic heterocycles. The van der Waals surface area contributed by atoms with Gasteiger partial charge >= 0.3 is 0 Å². The van der Waals surface area contributed by atoms with Crippen molar-refractivity contribution in [2.24, 2.45) is 0 Å². The van der Waals surface area contributed by atoms with Gasteiger partial charge in [0.2, 0.25) is 0 Å². The molecule has 0 fully saturated rings. The number of amides is 2. The molecule has 15 heteroatoms. The molecule has 1 aliphatic rings. The van der Waals surface area contributed by atoms with Crippen LogP contribution < -0.4 is 14.9 Å². The molecule has 0 radical (unpaired) electrons. The molecule has 2 heterocycles. The van der Waals surface area contributed by atoms with Crippen LogP contribution in [0.25, 0.3) is 0 Å². The third kappa shape index (κ3) is 5.18. The molecule has 3 aromatic rings. The number of anilines is 3. The molecule has 2 aromatic carbocycles. The molecule has 0 spiro atoms. The zero-order valence-corrected chi connectivity index (χ0v) is 21.5. The predicted molar refractivity (Wildman–Crippen MR) is 135 cm³/mol. The quantitative estimate of drug-likeness (QED) is 0.293. The second-order valence-corrected chi connectivity index (χ2v) is 10.5. The molecule has 0 bridgehead atoms. The molecule has 0 atom stereocenters. The molecule has 35 heavy (non-hydrogen) atoms. The number of aromatic nitrogens is 2. The minimum absolute atomic E-state index is 0.00355. The van der Waals surface area contributed by atoms with Crippen molar-refractivity contribution in [3.05, 3.63) is 79.5 Å². The molecular formula is C20H10Cl5N5O4S. The minimum atomic E-state index is -3.99. The Morgan fingerprint density at radius 1 is 0.771 bits per heavy atom. The summed E-state index contributed by atoms with van der Waals surface area (Å²) in [7, 11) is -3.99. The van der Waals surface area contributed by atoms with Crippen molar-refractivity contribution in [1.29, 1.82) is 0 Å². The number of halogens is 5. The number of imide groups is 1. The van der Waals surface area contributed by atoms with Crippen molar-refractivity contribution in [2.75, 3.05) is 14.9 Å². The van der Waals surface area contributed by atoms with E-state index in [4.69, 9.17) is 58.0 Å². The fourth-order valence-electron chi connectivity index (χ4n) is 2.94.